The summed E-state index contributed by atoms with van der Waals surface area (Å²) in [6, 6.07) is 0. The molecule has 1 aromatic heterocycles. The lowest BCUT2D eigenvalue weighted by Crippen LogP contribution is -2.27. The quantitative estimate of drug-likeness (QED) is 0.757. The van der Waals surface area contributed by atoms with Crippen LogP contribution in [0.25, 0.3) is 0 Å². The summed E-state index contributed by atoms with van der Waals surface area (Å²) in [6.45, 7) is 7.35. The normalized spacial score (nSPS) is 14.5. The van der Waals surface area contributed by atoms with E-state index in [9.17, 15) is 9.59 Å². The molecule has 0 aliphatic heterocycles. The smallest absolute Gasteiger partial charge is 0.253 e. The Balaban J connectivity index is 2.45. The number of amides is 1. The van der Waals surface area contributed by atoms with E-state index in [4.69, 9.17) is 11.5 Å². The van der Waals surface area contributed by atoms with Gasteiger partial charge in [-0.15, -0.1) is 11.3 Å². The minimum atomic E-state index is -0.559. The maximum Gasteiger partial charge on any atom is 0.253 e. The van der Waals surface area contributed by atoms with Crippen molar-refractivity contribution in [1.29, 1.82) is 0 Å². The van der Waals surface area contributed by atoms with Gasteiger partial charge in [0, 0.05) is 19.0 Å². The van der Waals surface area contributed by atoms with Gasteiger partial charge in [0.15, 0.2) is 5.78 Å². The molecule has 116 valence electrons. The number of thiophene rings is 1. The molecule has 1 amide bonds. The molecule has 1 aromatic rings. The van der Waals surface area contributed by atoms with Crippen LogP contribution in [-0.4, -0.2) is 24.8 Å². The first-order valence-corrected chi connectivity index (χ1v) is 8.19. The predicted molar refractivity (Wildman–Crippen MR) is 87.0 cm³/mol. The minimum absolute atomic E-state index is 0.0336. The van der Waals surface area contributed by atoms with E-state index in [1.807, 2.05) is 20.8 Å². The lowest BCUT2D eigenvalue weighted by atomic mass is 10.1. The Bertz CT molecular complexity index is 562. The number of hydrogen-bond donors (Lipinski definition) is 2. The van der Waals surface area contributed by atoms with Crippen LogP contribution in [-0.2, 0) is 0 Å². The van der Waals surface area contributed by atoms with Crippen molar-refractivity contribution in [2.24, 2.45) is 17.6 Å². The Morgan fingerprint density at radius 1 is 1.38 bits per heavy atom. The van der Waals surface area contributed by atoms with Gasteiger partial charge >= 0.3 is 0 Å². The van der Waals surface area contributed by atoms with E-state index < -0.39 is 5.91 Å². The molecule has 4 N–H and O–H groups in total. The topological polar surface area (TPSA) is 89.4 Å². The average Bonchev–Trinajstić information content (AvgIpc) is 3.17. The molecule has 0 bridgehead atoms. The third kappa shape index (κ3) is 3.20. The van der Waals surface area contributed by atoms with Gasteiger partial charge in [-0.2, -0.15) is 0 Å². The third-order valence-electron chi connectivity index (χ3n) is 3.77. The van der Waals surface area contributed by atoms with Crippen LogP contribution < -0.4 is 16.4 Å². The van der Waals surface area contributed by atoms with Crippen LogP contribution in [0.3, 0.4) is 0 Å². The van der Waals surface area contributed by atoms with Crippen molar-refractivity contribution in [1.82, 2.24) is 0 Å². The molecule has 21 heavy (non-hydrogen) atoms. The second-order valence-electron chi connectivity index (χ2n) is 5.89. The van der Waals surface area contributed by atoms with Crippen LogP contribution in [0.1, 0.15) is 53.6 Å². The molecule has 1 aliphatic rings. The van der Waals surface area contributed by atoms with Crippen molar-refractivity contribution in [2.45, 2.75) is 33.6 Å². The summed E-state index contributed by atoms with van der Waals surface area (Å²) in [4.78, 5) is 26.6. The number of ketones is 1. The molecule has 1 fully saturated rings. The van der Waals surface area contributed by atoms with Gasteiger partial charge in [-0.1, -0.05) is 13.8 Å². The Hall–Kier alpha value is -1.56. The number of nitrogens with two attached hydrogens (primary N) is 2. The summed E-state index contributed by atoms with van der Waals surface area (Å²) in [7, 11) is 0. The molecular weight excluding hydrogens is 286 g/mol. The summed E-state index contributed by atoms with van der Waals surface area (Å²) >= 11 is 1.30. The van der Waals surface area contributed by atoms with Crippen LogP contribution >= 0.6 is 11.3 Å². The zero-order valence-corrected chi connectivity index (χ0v) is 13.6. The zero-order valence-electron chi connectivity index (χ0n) is 12.8. The van der Waals surface area contributed by atoms with Crippen LogP contribution in [0.2, 0.25) is 0 Å². The molecule has 2 rings (SSSR count). The molecule has 0 atom stereocenters. The highest BCUT2D eigenvalue weighted by Gasteiger charge is 2.30. The number of Topliss-reactive ketones (excluding diaryl/α,β-unsaturated/α-hetero) is 1. The Morgan fingerprint density at radius 2 is 2.00 bits per heavy atom. The lowest BCUT2D eigenvalue weighted by Gasteiger charge is -2.22. The van der Waals surface area contributed by atoms with E-state index in [0.29, 0.717) is 16.4 Å². The van der Waals surface area contributed by atoms with Crippen molar-refractivity contribution in [3.63, 3.8) is 0 Å². The molecule has 0 radical (unpaired) electrons. The maximum absolute atomic E-state index is 12.3. The summed E-state index contributed by atoms with van der Waals surface area (Å²) < 4.78 is 0. The fourth-order valence-corrected chi connectivity index (χ4v) is 3.69. The van der Waals surface area contributed by atoms with E-state index in [1.54, 1.807) is 0 Å². The molecule has 1 aliphatic carbocycles. The fraction of sp³-hybridized carbons (Fsp3) is 0.600. The number of carbonyl (C=O) groups is 2. The van der Waals surface area contributed by atoms with Crippen LogP contribution in [0.5, 0.6) is 0 Å². The van der Waals surface area contributed by atoms with Crippen molar-refractivity contribution in [3.05, 3.63) is 10.4 Å². The monoisotopic (exact) mass is 309 g/mol. The van der Waals surface area contributed by atoms with Crippen LogP contribution in [0, 0.1) is 11.8 Å². The number of nitrogen functional groups attached to an aromatic ring is 1. The first-order chi connectivity index (χ1) is 9.86. The molecule has 1 saturated carbocycles. The number of rotatable bonds is 7. The molecule has 5 nitrogen and oxygen atoms in total. The number of carbonyl (C=O) groups excluding carboxylic acids is 2. The standard InChI is InChI=1S/C15H23N3O2S/c1-4-18(7-9-5-6-9)15-10(14(17)20)11(16)13(21-15)12(19)8(2)3/h8-9H,4-7,16H2,1-3H3,(H2,17,20). The molecular formula is C15H23N3O2S. The van der Waals surface area contributed by atoms with Crippen molar-refractivity contribution in [2.75, 3.05) is 23.7 Å². The number of anilines is 2. The molecule has 1 heterocycles. The second kappa shape index (κ2) is 6.05. The summed E-state index contributed by atoms with van der Waals surface area (Å²) in [6.07, 6.45) is 2.45. The highest BCUT2D eigenvalue weighted by atomic mass is 32.1. The van der Waals surface area contributed by atoms with Gasteiger partial charge in [-0.25, -0.2) is 0 Å². The number of hydrogen-bond acceptors (Lipinski definition) is 5. The van der Waals surface area contributed by atoms with E-state index >= 15 is 0 Å². The van der Waals surface area contributed by atoms with E-state index in [2.05, 4.69) is 4.90 Å². The Labute approximate surface area is 129 Å². The zero-order chi connectivity index (χ0) is 15.7. The van der Waals surface area contributed by atoms with E-state index in [1.165, 1.54) is 24.2 Å². The predicted octanol–water partition coefficient (Wildman–Crippen LogP) is 2.50. The molecule has 0 unspecified atom stereocenters. The van der Waals surface area contributed by atoms with Crippen LogP contribution in [0.4, 0.5) is 10.7 Å². The largest absolute Gasteiger partial charge is 0.397 e. The molecule has 0 spiro atoms. The lowest BCUT2D eigenvalue weighted by molar-refractivity contribution is 0.0944. The number of nitrogens with zero attached hydrogens (tertiary/aromatic N) is 1. The summed E-state index contributed by atoms with van der Waals surface area (Å²) in [5.41, 5.74) is 12.1. The van der Waals surface area contributed by atoms with Gasteiger partial charge in [-0.3, -0.25) is 9.59 Å². The first-order valence-electron chi connectivity index (χ1n) is 7.38. The minimum Gasteiger partial charge on any atom is -0.397 e. The summed E-state index contributed by atoms with van der Waals surface area (Å²) in [5.74, 6) is -0.0687. The Kier molecular flexibility index (Phi) is 4.56. The van der Waals surface area contributed by atoms with Gasteiger partial charge in [0.25, 0.3) is 5.91 Å². The van der Waals surface area contributed by atoms with Crippen LogP contribution in [0.15, 0.2) is 0 Å². The third-order valence-corrected chi connectivity index (χ3v) is 5.05. The van der Waals surface area contributed by atoms with Gasteiger partial charge in [0.2, 0.25) is 0 Å². The van der Waals surface area contributed by atoms with Crippen molar-refractivity contribution >= 4 is 33.7 Å². The summed E-state index contributed by atoms with van der Waals surface area (Å²) in [5, 5.41) is 0.749. The van der Waals surface area contributed by atoms with Crippen molar-refractivity contribution < 1.29 is 9.59 Å². The van der Waals surface area contributed by atoms with Crippen molar-refractivity contribution in [3.8, 4) is 0 Å². The van der Waals surface area contributed by atoms with Gasteiger partial charge < -0.3 is 16.4 Å². The Morgan fingerprint density at radius 3 is 2.43 bits per heavy atom. The highest BCUT2D eigenvalue weighted by molar-refractivity contribution is 7.19. The fourth-order valence-electron chi connectivity index (χ4n) is 2.31. The highest BCUT2D eigenvalue weighted by Crippen LogP contribution is 2.41. The molecule has 6 heteroatoms. The second-order valence-corrected chi connectivity index (χ2v) is 6.89. The SMILES string of the molecule is CCN(CC1CC1)c1sc(C(=O)C(C)C)c(N)c1C(N)=O. The van der Waals surface area contributed by atoms with Gasteiger partial charge in [-0.05, 0) is 25.7 Å². The first kappa shape index (κ1) is 15.8. The van der Waals surface area contributed by atoms with E-state index in [-0.39, 0.29) is 17.4 Å². The maximum atomic E-state index is 12.3. The molecule has 0 saturated heterocycles. The van der Waals surface area contributed by atoms with Gasteiger partial charge in [0.05, 0.1) is 16.1 Å². The number of primary amides is 1. The van der Waals surface area contributed by atoms with E-state index in [0.717, 1.165) is 18.1 Å². The van der Waals surface area contributed by atoms with Gasteiger partial charge in [0.1, 0.15) is 5.00 Å². The average molecular weight is 309 g/mol. The molecule has 0 aromatic carbocycles.